The molecule has 0 saturated heterocycles. The highest BCUT2D eigenvalue weighted by Gasteiger charge is 2.16. The Balaban J connectivity index is 1.78. The zero-order chi connectivity index (χ0) is 23.8. The van der Waals surface area contributed by atoms with E-state index in [9.17, 15) is 10.1 Å². The third-order valence-corrected chi connectivity index (χ3v) is 5.51. The number of carbonyl (C=O) groups is 1. The molecule has 0 atom stereocenters. The average molecular weight is 464 g/mol. The van der Waals surface area contributed by atoms with Crippen LogP contribution in [0.5, 0.6) is 17.2 Å². The van der Waals surface area contributed by atoms with Crippen LogP contribution < -0.4 is 19.5 Å². The van der Waals surface area contributed by atoms with Crippen molar-refractivity contribution in [1.82, 2.24) is 4.98 Å². The Morgan fingerprint density at radius 2 is 1.85 bits per heavy atom. The minimum absolute atomic E-state index is 0.0447. The molecular weight excluding hydrogens is 438 g/mol. The lowest BCUT2D eigenvalue weighted by Gasteiger charge is -2.09. The lowest BCUT2D eigenvalue weighted by Crippen LogP contribution is -2.13. The summed E-state index contributed by atoms with van der Waals surface area (Å²) in [5, 5.41) is 12.7. The van der Waals surface area contributed by atoms with Crippen LogP contribution in [0.15, 0.2) is 48.0 Å². The number of hydrogen-bond donors (Lipinski definition) is 1. The van der Waals surface area contributed by atoms with Crippen LogP contribution in [0.1, 0.15) is 24.3 Å². The molecule has 3 rings (SSSR count). The van der Waals surface area contributed by atoms with Crippen LogP contribution in [0.3, 0.4) is 0 Å². The molecule has 0 aliphatic heterocycles. The molecule has 170 valence electrons. The first-order valence-electron chi connectivity index (χ1n) is 10.4. The lowest BCUT2D eigenvalue weighted by atomic mass is 10.1. The minimum Gasteiger partial charge on any atom is -0.494 e. The van der Waals surface area contributed by atoms with E-state index in [2.05, 4.69) is 10.3 Å². The molecule has 0 fully saturated rings. The number of amides is 1. The maximum absolute atomic E-state index is 12.7. The summed E-state index contributed by atoms with van der Waals surface area (Å²) >= 11 is 1.35. The normalized spacial score (nSPS) is 10.9. The fourth-order valence-corrected chi connectivity index (χ4v) is 3.95. The summed E-state index contributed by atoms with van der Waals surface area (Å²) in [7, 11) is 1.54. The van der Waals surface area contributed by atoms with Crippen molar-refractivity contribution in [3.05, 3.63) is 58.5 Å². The number of thiazole rings is 1. The molecule has 1 aromatic heterocycles. The molecule has 0 aliphatic carbocycles. The standard InChI is InChI=1S/C25H25N3O4S/c1-5-31-20-10-8-18(9-11-20)23-16(3)33-25(27-23)28-24(29)19(15-26)13-17-7-12-21(32-6-2)22(14-17)30-4/h7-14H,5-6H2,1-4H3,(H,27,28,29)/b19-13+. The van der Waals surface area contributed by atoms with Crippen LogP contribution in [0.4, 0.5) is 5.13 Å². The van der Waals surface area contributed by atoms with Crippen molar-refractivity contribution in [2.75, 3.05) is 25.6 Å². The number of rotatable bonds is 9. The van der Waals surface area contributed by atoms with E-state index < -0.39 is 5.91 Å². The van der Waals surface area contributed by atoms with E-state index >= 15 is 0 Å². The molecule has 7 nitrogen and oxygen atoms in total. The minimum atomic E-state index is -0.530. The molecule has 2 aromatic carbocycles. The van der Waals surface area contributed by atoms with Gasteiger partial charge < -0.3 is 14.2 Å². The second kappa shape index (κ2) is 11.2. The number of hydrogen-bond acceptors (Lipinski definition) is 7. The van der Waals surface area contributed by atoms with Crippen LogP contribution >= 0.6 is 11.3 Å². The fraction of sp³-hybridized carbons (Fsp3) is 0.240. The number of anilines is 1. The molecule has 0 spiro atoms. The summed E-state index contributed by atoms with van der Waals surface area (Å²) in [5.74, 6) is 1.38. The number of benzene rings is 2. The maximum Gasteiger partial charge on any atom is 0.268 e. The third kappa shape index (κ3) is 5.90. The van der Waals surface area contributed by atoms with Crippen molar-refractivity contribution in [1.29, 1.82) is 5.26 Å². The number of methoxy groups -OCH3 is 1. The number of carbonyl (C=O) groups excluding carboxylic acids is 1. The van der Waals surface area contributed by atoms with Gasteiger partial charge in [-0.05, 0) is 68.8 Å². The summed E-state index contributed by atoms with van der Waals surface area (Å²) in [6.07, 6.45) is 1.50. The largest absolute Gasteiger partial charge is 0.494 e. The summed E-state index contributed by atoms with van der Waals surface area (Å²) in [6, 6.07) is 14.8. The molecule has 1 heterocycles. The molecule has 0 radical (unpaired) electrons. The van der Waals surface area contributed by atoms with E-state index in [0.29, 0.717) is 35.4 Å². The number of ether oxygens (including phenoxy) is 3. The zero-order valence-corrected chi connectivity index (χ0v) is 19.8. The highest BCUT2D eigenvalue weighted by Crippen LogP contribution is 2.32. The predicted molar refractivity (Wildman–Crippen MR) is 130 cm³/mol. The molecule has 33 heavy (non-hydrogen) atoms. The monoisotopic (exact) mass is 463 g/mol. The molecule has 0 unspecified atom stereocenters. The van der Waals surface area contributed by atoms with Gasteiger partial charge in [-0.2, -0.15) is 5.26 Å². The SMILES string of the molecule is CCOc1ccc(-c2nc(NC(=O)/C(C#N)=C/c3ccc(OCC)c(OC)c3)sc2C)cc1. The molecule has 0 aliphatic rings. The first-order chi connectivity index (χ1) is 16.0. The van der Waals surface area contributed by atoms with Crippen molar-refractivity contribution in [2.24, 2.45) is 0 Å². The van der Waals surface area contributed by atoms with E-state index in [0.717, 1.165) is 21.9 Å². The van der Waals surface area contributed by atoms with Crippen LogP contribution in [0, 0.1) is 18.3 Å². The van der Waals surface area contributed by atoms with Gasteiger partial charge in [0, 0.05) is 10.4 Å². The number of nitriles is 1. The van der Waals surface area contributed by atoms with Gasteiger partial charge in [0.25, 0.3) is 5.91 Å². The van der Waals surface area contributed by atoms with Gasteiger partial charge in [-0.3, -0.25) is 10.1 Å². The van der Waals surface area contributed by atoms with Crippen molar-refractivity contribution in [2.45, 2.75) is 20.8 Å². The second-order valence-electron chi connectivity index (χ2n) is 6.85. The Morgan fingerprint density at radius 3 is 2.48 bits per heavy atom. The Bertz CT molecular complexity index is 1190. The summed E-state index contributed by atoms with van der Waals surface area (Å²) in [4.78, 5) is 18.2. The molecule has 0 saturated carbocycles. The van der Waals surface area contributed by atoms with Gasteiger partial charge in [-0.25, -0.2) is 4.98 Å². The van der Waals surface area contributed by atoms with Crippen molar-refractivity contribution >= 4 is 28.5 Å². The Labute approximate surface area is 197 Å². The van der Waals surface area contributed by atoms with E-state index in [1.165, 1.54) is 24.5 Å². The van der Waals surface area contributed by atoms with Crippen molar-refractivity contribution in [3.8, 4) is 34.6 Å². The van der Waals surface area contributed by atoms with Crippen LogP contribution in [0.25, 0.3) is 17.3 Å². The summed E-state index contributed by atoms with van der Waals surface area (Å²) in [6.45, 7) is 6.86. The topological polar surface area (TPSA) is 93.5 Å². The highest BCUT2D eigenvalue weighted by molar-refractivity contribution is 7.16. The average Bonchev–Trinajstić information content (AvgIpc) is 3.18. The molecule has 0 bridgehead atoms. The molecular formula is C25H25N3O4S. The first kappa shape index (κ1) is 23.8. The van der Waals surface area contributed by atoms with E-state index in [1.807, 2.05) is 51.1 Å². The Morgan fingerprint density at radius 1 is 1.12 bits per heavy atom. The van der Waals surface area contributed by atoms with E-state index in [1.54, 1.807) is 18.2 Å². The van der Waals surface area contributed by atoms with Gasteiger partial charge in [0.15, 0.2) is 16.6 Å². The van der Waals surface area contributed by atoms with Crippen LogP contribution in [0.2, 0.25) is 0 Å². The summed E-state index contributed by atoms with van der Waals surface area (Å²) in [5.41, 5.74) is 2.30. The quantitative estimate of drug-likeness (QED) is 0.334. The lowest BCUT2D eigenvalue weighted by molar-refractivity contribution is -0.112. The fourth-order valence-electron chi connectivity index (χ4n) is 3.12. The highest BCUT2D eigenvalue weighted by atomic mass is 32.1. The van der Waals surface area contributed by atoms with Crippen LogP contribution in [-0.4, -0.2) is 31.2 Å². The van der Waals surface area contributed by atoms with Gasteiger partial charge in [0.1, 0.15) is 17.4 Å². The van der Waals surface area contributed by atoms with Crippen LogP contribution in [-0.2, 0) is 4.79 Å². The van der Waals surface area contributed by atoms with Gasteiger partial charge in [-0.1, -0.05) is 6.07 Å². The van der Waals surface area contributed by atoms with Gasteiger partial charge in [0.05, 0.1) is 26.0 Å². The molecule has 3 aromatic rings. The van der Waals surface area contributed by atoms with E-state index in [-0.39, 0.29) is 5.57 Å². The third-order valence-electron chi connectivity index (χ3n) is 4.62. The predicted octanol–water partition coefficient (Wildman–Crippen LogP) is 5.47. The number of nitrogens with zero attached hydrogens (tertiary/aromatic N) is 2. The van der Waals surface area contributed by atoms with Crippen molar-refractivity contribution < 1.29 is 19.0 Å². The number of nitrogens with one attached hydrogen (secondary N) is 1. The van der Waals surface area contributed by atoms with Gasteiger partial charge in [0.2, 0.25) is 0 Å². The molecule has 1 N–H and O–H groups in total. The Kier molecular flexibility index (Phi) is 8.06. The number of aromatic nitrogens is 1. The van der Waals surface area contributed by atoms with E-state index in [4.69, 9.17) is 14.2 Å². The first-order valence-corrected chi connectivity index (χ1v) is 11.2. The summed E-state index contributed by atoms with van der Waals surface area (Å²) < 4.78 is 16.3. The second-order valence-corrected chi connectivity index (χ2v) is 8.05. The Hall–Kier alpha value is -3.83. The van der Waals surface area contributed by atoms with Crippen molar-refractivity contribution in [3.63, 3.8) is 0 Å². The molecule has 1 amide bonds. The maximum atomic E-state index is 12.7. The van der Waals surface area contributed by atoms with Gasteiger partial charge >= 0.3 is 0 Å². The zero-order valence-electron chi connectivity index (χ0n) is 19.0. The smallest absolute Gasteiger partial charge is 0.268 e. The van der Waals surface area contributed by atoms with Gasteiger partial charge in [-0.15, -0.1) is 11.3 Å². The number of aryl methyl sites for hydroxylation is 1. The molecule has 8 heteroatoms.